The van der Waals surface area contributed by atoms with Crippen molar-refractivity contribution in [3.8, 4) is 0 Å². The average Bonchev–Trinajstić information content (AvgIpc) is 2.43. The molecule has 0 saturated heterocycles. The number of aliphatic hydroxyl groups excluding tert-OH is 1. The second-order valence-corrected chi connectivity index (χ2v) is 4.03. The number of nitrogens with zero attached hydrogens (tertiary/aromatic N) is 2. The highest BCUT2D eigenvalue weighted by Crippen LogP contribution is 2.20. The zero-order chi connectivity index (χ0) is 9.84. The quantitative estimate of drug-likeness (QED) is 0.783. The zero-order valence-corrected chi connectivity index (χ0v) is 8.90. The number of hydrogen-bond acceptors (Lipinski definition) is 3. The topological polar surface area (TPSA) is 38.1 Å². The Morgan fingerprint density at radius 3 is 3.00 bits per heavy atom. The summed E-state index contributed by atoms with van der Waals surface area (Å²) in [5.74, 6) is 0.636. The van der Waals surface area contributed by atoms with E-state index >= 15 is 0 Å². The second-order valence-electron chi connectivity index (χ2n) is 2.56. The number of imidazole rings is 1. The Morgan fingerprint density at radius 2 is 2.54 bits per heavy atom. The van der Waals surface area contributed by atoms with Crippen LogP contribution < -0.4 is 0 Å². The van der Waals surface area contributed by atoms with Gasteiger partial charge in [0.25, 0.3) is 0 Å². The van der Waals surface area contributed by atoms with Crippen molar-refractivity contribution in [1.82, 2.24) is 9.55 Å². The zero-order valence-electron chi connectivity index (χ0n) is 7.33. The maximum Gasteiger partial charge on any atom is 0.168 e. The van der Waals surface area contributed by atoms with Gasteiger partial charge in [0.2, 0.25) is 0 Å². The number of aromatic nitrogens is 2. The van der Waals surface area contributed by atoms with E-state index < -0.39 is 0 Å². The fraction of sp³-hybridized carbons (Fsp3) is 0.375. The molecule has 0 saturated carbocycles. The highest BCUT2D eigenvalue weighted by Gasteiger charge is 2.05. The van der Waals surface area contributed by atoms with Crippen LogP contribution in [0.15, 0.2) is 23.0 Å². The number of hydrogen-bond donors (Lipinski definition) is 1. The van der Waals surface area contributed by atoms with Crippen LogP contribution in [-0.2, 0) is 13.7 Å². The molecule has 0 aliphatic heterocycles. The molecule has 13 heavy (non-hydrogen) atoms. The Kier molecular flexibility index (Phi) is 3.84. The first-order valence-electron chi connectivity index (χ1n) is 3.72. The molecule has 1 aromatic heterocycles. The number of aliphatic hydroxyl groups is 1. The summed E-state index contributed by atoms with van der Waals surface area (Å²) in [6.07, 6.45) is 1.65. The van der Waals surface area contributed by atoms with E-state index in [1.54, 1.807) is 6.20 Å². The van der Waals surface area contributed by atoms with Gasteiger partial charge in [-0.2, -0.15) is 0 Å². The standard InChI is InChI=1S/C8H11ClN2OS/c1-6(9)5-13-8-10-3-7(4-12)11(8)2/h3,12H,1,4-5H2,2H3. The molecular formula is C8H11ClN2OS. The van der Waals surface area contributed by atoms with Crippen molar-refractivity contribution in [2.45, 2.75) is 11.8 Å². The van der Waals surface area contributed by atoms with Crippen molar-refractivity contribution in [2.75, 3.05) is 5.75 Å². The lowest BCUT2D eigenvalue weighted by atomic mass is 10.5. The summed E-state index contributed by atoms with van der Waals surface area (Å²) in [6, 6.07) is 0. The van der Waals surface area contributed by atoms with Crippen LogP contribution in [0.3, 0.4) is 0 Å². The van der Waals surface area contributed by atoms with Gasteiger partial charge in [0.15, 0.2) is 5.16 Å². The molecular weight excluding hydrogens is 208 g/mol. The third-order valence-corrected chi connectivity index (χ3v) is 2.98. The maximum absolute atomic E-state index is 8.90. The summed E-state index contributed by atoms with van der Waals surface area (Å²) in [7, 11) is 1.86. The summed E-state index contributed by atoms with van der Waals surface area (Å²) in [5, 5.41) is 10.3. The minimum absolute atomic E-state index is 0.00583. The molecule has 1 rings (SSSR count). The van der Waals surface area contributed by atoms with Gasteiger partial charge < -0.3 is 9.67 Å². The first-order chi connectivity index (χ1) is 6.15. The largest absolute Gasteiger partial charge is 0.390 e. The van der Waals surface area contributed by atoms with Gasteiger partial charge in [0.1, 0.15) is 0 Å². The molecule has 0 atom stereocenters. The molecule has 0 aliphatic carbocycles. The van der Waals surface area contributed by atoms with Gasteiger partial charge in [-0.05, 0) is 0 Å². The molecule has 1 aromatic rings. The molecule has 1 heterocycles. The Hall–Kier alpha value is -0.450. The molecule has 1 N–H and O–H groups in total. The molecule has 0 amide bonds. The first kappa shape index (κ1) is 10.6. The highest BCUT2D eigenvalue weighted by molar-refractivity contribution is 7.99. The van der Waals surface area contributed by atoms with Gasteiger partial charge in [0, 0.05) is 17.8 Å². The average molecular weight is 219 g/mol. The van der Waals surface area contributed by atoms with E-state index in [1.807, 2.05) is 11.6 Å². The van der Waals surface area contributed by atoms with Crippen molar-refractivity contribution < 1.29 is 5.11 Å². The Balaban J connectivity index is 2.67. The lowest BCUT2D eigenvalue weighted by Crippen LogP contribution is -1.97. The van der Waals surface area contributed by atoms with Crippen LogP contribution in [0.2, 0.25) is 0 Å². The third kappa shape index (κ3) is 2.76. The Morgan fingerprint density at radius 1 is 1.85 bits per heavy atom. The number of halogens is 1. The molecule has 0 fully saturated rings. The second kappa shape index (κ2) is 4.69. The van der Waals surface area contributed by atoms with Gasteiger partial charge in [-0.3, -0.25) is 0 Å². The predicted octanol–water partition coefficient (Wildman–Crippen LogP) is 1.76. The van der Waals surface area contributed by atoms with Gasteiger partial charge in [0.05, 0.1) is 18.5 Å². The lowest BCUT2D eigenvalue weighted by molar-refractivity contribution is 0.271. The SMILES string of the molecule is C=C(Cl)CSc1ncc(CO)n1C. The third-order valence-electron chi connectivity index (χ3n) is 1.56. The van der Waals surface area contributed by atoms with E-state index in [9.17, 15) is 0 Å². The smallest absolute Gasteiger partial charge is 0.168 e. The van der Waals surface area contributed by atoms with Gasteiger partial charge >= 0.3 is 0 Å². The fourth-order valence-corrected chi connectivity index (χ4v) is 1.74. The lowest BCUT2D eigenvalue weighted by Gasteiger charge is -2.02. The van der Waals surface area contributed by atoms with E-state index in [0.717, 1.165) is 10.9 Å². The molecule has 0 bridgehead atoms. The van der Waals surface area contributed by atoms with Crippen molar-refractivity contribution in [1.29, 1.82) is 0 Å². The summed E-state index contributed by atoms with van der Waals surface area (Å²) in [6.45, 7) is 3.59. The summed E-state index contributed by atoms with van der Waals surface area (Å²) >= 11 is 7.12. The maximum atomic E-state index is 8.90. The summed E-state index contributed by atoms with van der Waals surface area (Å²) < 4.78 is 1.84. The number of rotatable bonds is 4. The van der Waals surface area contributed by atoms with Crippen molar-refractivity contribution >= 4 is 23.4 Å². The Bertz CT molecular complexity index is 311. The van der Waals surface area contributed by atoms with E-state index in [-0.39, 0.29) is 6.61 Å². The van der Waals surface area contributed by atoms with Crippen molar-refractivity contribution in [3.05, 3.63) is 23.5 Å². The van der Waals surface area contributed by atoms with Crippen LogP contribution >= 0.6 is 23.4 Å². The molecule has 3 nitrogen and oxygen atoms in total. The van der Waals surface area contributed by atoms with Crippen LogP contribution in [0, 0.1) is 0 Å². The number of thioether (sulfide) groups is 1. The van der Waals surface area contributed by atoms with Gasteiger partial charge in [-0.15, -0.1) is 0 Å². The summed E-state index contributed by atoms with van der Waals surface area (Å²) in [4.78, 5) is 4.12. The molecule has 5 heteroatoms. The fourth-order valence-electron chi connectivity index (χ4n) is 0.850. The molecule has 0 radical (unpaired) electrons. The van der Waals surface area contributed by atoms with E-state index in [4.69, 9.17) is 16.7 Å². The normalized spacial score (nSPS) is 10.4. The molecule has 0 spiro atoms. The monoisotopic (exact) mass is 218 g/mol. The first-order valence-corrected chi connectivity index (χ1v) is 5.09. The molecule has 0 unspecified atom stereocenters. The Labute approximate surface area is 86.4 Å². The van der Waals surface area contributed by atoms with E-state index in [1.165, 1.54) is 11.8 Å². The summed E-state index contributed by atoms with van der Waals surface area (Å²) in [5.41, 5.74) is 0.794. The van der Waals surface area contributed by atoms with Gasteiger partial charge in [-0.1, -0.05) is 29.9 Å². The minimum Gasteiger partial charge on any atom is -0.390 e. The van der Waals surface area contributed by atoms with Crippen LogP contribution in [-0.4, -0.2) is 20.4 Å². The highest BCUT2D eigenvalue weighted by atomic mass is 35.5. The molecule has 0 aliphatic rings. The molecule has 72 valence electrons. The van der Waals surface area contributed by atoms with Crippen molar-refractivity contribution in [2.24, 2.45) is 7.05 Å². The van der Waals surface area contributed by atoms with E-state index in [0.29, 0.717) is 10.8 Å². The van der Waals surface area contributed by atoms with Crippen molar-refractivity contribution in [3.63, 3.8) is 0 Å². The van der Waals surface area contributed by atoms with Crippen LogP contribution in [0.1, 0.15) is 5.69 Å². The minimum atomic E-state index is 0.00583. The van der Waals surface area contributed by atoms with Crippen LogP contribution in [0.5, 0.6) is 0 Å². The van der Waals surface area contributed by atoms with Crippen LogP contribution in [0.25, 0.3) is 0 Å². The van der Waals surface area contributed by atoms with E-state index in [2.05, 4.69) is 11.6 Å². The molecule has 0 aromatic carbocycles. The van der Waals surface area contributed by atoms with Crippen LogP contribution in [0.4, 0.5) is 0 Å². The predicted molar refractivity (Wildman–Crippen MR) is 54.8 cm³/mol. The van der Waals surface area contributed by atoms with Gasteiger partial charge in [-0.25, -0.2) is 4.98 Å².